The first-order valence-electron chi connectivity index (χ1n) is 5.72. The van der Waals surface area contributed by atoms with Gasteiger partial charge < -0.3 is 15.0 Å². The van der Waals surface area contributed by atoms with Crippen LogP contribution in [0.4, 0.5) is 0 Å². The van der Waals surface area contributed by atoms with Gasteiger partial charge in [-0.1, -0.05) is 0 Å². The van der Waals surface area contributed by atoms with Crippen LogP contribution in [0.5, 0.6) is 0 Å². The predicted molar refractivity (Wildman–Crippen MR) is 57.5 cm³/mol. The summed E-state index contributed by atoms with van der Waals surface area (Å²) in [6, 6.07) is 0.808. The summed E-state index contributed by atoms with van der Waals surface area (Å²) in [5.74, 6) is 0. The average Bonchev–Trinajstić information content (AvgIpc) is 2.51. The van der Waals surface area contributed by atoms with Crippen molar-refractivity contribution in [1.29, 1.82) is 0 Å². The Bertz CT molecular complexity index is 186. The zero-order valence-electron chi connectivity index (χ0n) is 9.38. The van der Waals surface area contributed by atoms with Gasteiger partial charge in [0.1, 0.15) is 0 Å². The third kappa shape index (κ3) is 1.95. The van der Waals surface area contributed by atoms with E-state index in [1.807, 2.05) is 7.11 Å². The first-order chi connectivity index (χ1) is 6.76. The van der Waals surface area contributed by atoms with Crippen LogP contribution in [0.2, 0.25) is 0 Å². The van der Waals surface area contributed by atoms with Crippen molar-refractivity contribution in [3.8, 4) is 0 Å². The normalized spacial score (nSPS) is 31.7. The minimum Gasteiger partial charge on any atom is -0.376 e. The molecule has 0 saturated carbocycles. The number of nitrogens with zero attached hydrogens (tertiary/aromatic N) is 1. The maximum absolute atomic E-state index is 5.59. The Morgan fingerprint density at radius 2 is 2.29 bits per heavy atom. The van der Waals surface area contributed by atoms with Crippen LogP contribution in [-0.4, -0.2) is 50.3 Å². The van der Waals surface area contributed by atoms with Gasteiger partial charge in [-0.25, -0.2) is 0 Å². The molecule has 0 aromatic carbocycles. The summed E-state index contributed by atoms with van der Waals surface area (Å²) >= 11 is 0. The molecule has 1 unspecified atom stereocenters. The minimum absolute atomic E-state index is 0.170. The highest BCUT2D eigenvalue weighted by Gasteiger charge is 2.37. The van der Waals surface area contributed by atoms with E-state index in [1.54, 1.807) is 0 Å². The van der Waals surface area contributed by atoms with E-state index in [4.69, 9.17) is 4.74 Å². The van der Waals surface area contributed by atoms with Crippen molar-refractivity contribution in [3.63, 3.8) is 0 Å². The maximum atomic E-state index is 5.59. The van der Waals surface area contributed by atoms with Crippen LogP contribution in [-0.2, 0) is 4.74 Å². The Balaban J connectivity index is 1.75. The molecular weight excluding hydrogens is 176 g/mol. The molecule has 0 spiro atoms. The number of hydrogen-bond donors (Lipinski definition) is 1. The second-order valence-electron chi connectivity index (χ2n) is 4.81. The van der Waals surface area contributed by atoms with Crippen LogP contribution in [0.3, 0.4) is 0 Å². The summed E-state index contributed by atoms with van der Waals surface area (Å²) < 4.78 is 5.59. The molecule has 0 amide bonds. The largest absolute Gasteiger partial charge is 0.376 e. The van der Waals surface area contributed by atoms with Crippen LogP contribution >= 0.6 is 0 Å². The van der Waals surface area contributed by atoms with Crippen LogP contribution in [0, 0.1) is 0 Å². The van der Waals surface area contributed by atoms with Crippen molar-refractivity contribution in [2.24, 2.45) is 0 Å². The summed E-state index contributed by atoms with van der Waals surface area (Å²) in [6.07, 6.45) is 5.26. The fourth-order valence-electron chi connectivity index (χ4n) is 2.60. The van der Waals surface area contributed by atoms with Gasteiger partial charge >= 0.3 is 0 Å². The number of methoxy groups -OCH3 is 1. The van der Waals surface area contributed by atoms with Gasteiger partial charge in [-0.2, -0.15) is 0 Å². The molecule has 3 nitrogen and oxygen atoms in total. The van der Waals surface area contributed by atoms with Crippen LogP contribution in [0.1, 0.15) is 25.7 Å². The molecule has 2 saturated heterocycles. The Labute approximate surface area is 86.8 Å². The highest BCUT2D eigenvalue weighted by Crippen LogP contribution is 2.27. The lowest BCUT2D eigenvalue weighted by molar-refractivity contribution is -0.0610. The lowest BCUT2D eigenvalue weighted by Gasteiger charge is -2.42. The molecule has 0 aromatic heterocycles. The standard InChI is InChI=1S/C11H22N2O/c1-13-7-3-4-10(13)5-6-11(14-2)8-12-9-11/h10,12H,3-9H2,1-2H3. The van der Waals surface area contributed by atoms with Crippen LogP contribution < -0.4 is 5.32 Å². The molecule has 1 atom stereocenters. The van der Waals surface area contributed by atoms with E-state index in [0.717, 1.165) is 19.1 Å². The molecule has 14 heavy (non-hydrogen) atoms. The number of nitrogens with one attached hydrogen (secondary N) is 1. The Morgan fingerprint density at radius 1 is 1.50 bits per heavy atom. The van der Waals surface area contributed by atoms with Gasteiger partial charge in [0.2, 0.25) is 0 Å². The number of ether oxygens (including phenoxy) is 1. The van der Waals surface area contributed by atoms with Crippen molar-refractivity contribution in [2.45, 2.75) is 37.3 Å². The van der Waals surface area contributed by atoms with E-state index in [0.29, 0.717) is 0 Å². The van der Waals surface area contributed by atoms with Crippen molar-refractivity contribution in [1.82, 2.24) is 10.2 Å². The highest BCUT2D eigenvalue weighted by atomic mass is 16.5. The zero-order chi connectivity index (χ0) is 10.0. The van der Waals surface area contributed by atoms with Gasteiger partial charge in [-0.05, 0) is 39.3 Å². The summed E-state index contributed by atoms with van der Waals surface area (Å²) in [7, 11) is 4.09. The summed E-state index contributed by atoms with van der Waals surface area (Å²) in [4.78, 5) is 2.50. The third-order valence-corrected chi connectivity index (χ3v) is 3.93. The van der Waals surface area contributed by atoms with Crippen molar-refractivity contribution in [3.05, 3.63) is 0 Å². The lowest BCUT2D eigenvalue weighted by atomic mass is 9.89. The second kappa shape index (κ2) is 4.17. The van der Waals surface area contributed by atoms with Crippen molar-refractivity contribution >= 4 is 0 Å². The minimum atomic E-state index is 0.170. The summed E-state index contributed by atoms with van der Waals surface area (Å²) in [5.41, 5.74) is 0.170. The lowest BCUT2D eigenvalue weighted by Crippen LogP contribution is -2.60. The topological polar surface area (TPSA) is 24.5 Å². The fourth-order valence-corrected chi connectivity index (χ4v) is 2.60. The zero-order valence-corrected chi connectivity index (χ0v) is 9.38. The van der Waals surface area contributed by atoms with E-state index in [-0.39, 0.29) is 5.60 Å². The predicted octanol–water partition coefficient (Wildman–Crippen LogP) is 0.849. The van der Waals surface area contributed by atoms with Crippen LogP contribution in [0.25, 0.3) is 0 Å². The maximum Gasteiger partial charge on any atom is 0.0926 e. The molecule has 1 N–H and O–H groups in total. The van der Waals surface area contributed by atoms with Gasteiger partial charge in [-0.15, -0.1) is 0 Å². The van der Waals surface area contributed by atoms with Gasteiger partial charge in [-0.3, -0.25) is 0 Å². The molecule has 0 bridgehead atoms. The van der Waals surface area contributed by atoms with E-state index >= 15 is 0 Å². The van der Waals surface area contributed by atoms with E-state index < -0.39 is 0 Å². The van der Waals surface area contributed by atoms with Crippen LogP contribution in [0.15, 0.2) is 0 Å². The third-order valence-electron chi connectivity index (χ3n) is 3.93. The summed E-state index contributed by atoms with van der Waals surface area (Å²) in [6.45, 7) is 3.36. The molecule has 3 heteroatoms. The Kier molecular flexibility index (Phi) is 3.10. The monoisotopic (exact) mass is 198 g/mol. The molecule has 2 aliphatic heterocycles. The molecule has 0 radical (unpaired) electrons. The van der Waals surface area contributed by atoms with E-state index in [2.05, 4.69) is 17.3 Å². The first-order valence-corrected chi connectivity index (χ1v) is 5.72. The fraction of sp³-hybridized carbons (Fsp3) is 1.00. The first kappa shape index (κ1) is 10.4. The van der Waals surface area contributed by atoms with Crippen molar-refractivity contribution in [2.75, 3.05) is 33.8 Å². The van der Waals surface area contributed by atoms with Gasteiger partial charge in [0.25, 0.3) is 0 Å². The number of likely N-dealkylation sites (tertiary alicyclic amines) is 1. The Morgan fingerprint density at radius 3 is 2.71 bits per heavy atom. The Hall–Kier alpha value is -0.120. The molecule has 0 aliphatic carbocycles. The molecular formula is C11H22N2O. The van der Waals surface area contributed by atoms with Gasteiger partial charge in [0.15, 0.2) is 0 Å². The molecule has 2 fully saturated rings. The van der Waals surface area contributed by atoms with Gasteiger partial charge in [0.05, 0.1) is 5.60 Å². The smallest absolute Gasteiger partial charge is 0.0926 e. The molecule has 2 aliphatic rings. The van der Waals surface area contributed by atoms with E-state index in [1.165, 1.54) is 32.2 Å². The molecule has 0 aromatic rings. The summed E-state index contributed by atoms with van der Waals surface area (Å²) in [5, 5.41) is 3.30. The van der Waals surface area contributed by atoms with E-state index in [9.17, 15) is 0 Å². The average molecular weight is 198 g/mol. The second-order valence-corrected chi connectivity index (χ2v) is 4.81. The number of hydrogen-bond acceptors (Lipinski definition) is 3. The quantitative estimate of drug-likeness (QED) is 0.725. The molecule has 82 valence electrons. The van der Waals surface area contributed by atoms with Gasteiger partial charge in [0, 0.05) is 26.2 Å². The number of rotatable bonds is 4. The SMILES string of the molecule is COC1(CCC2CCCN2C)CNC1. The molecule has 2 heterocycles. The van der Waals surface area contributed by atoms with Crippen molar-refractivity contribution < 1.29 is 4.74 Å². The highest BCUT2D eigenvalue weighted by molar-refractivity contribution is 4.95. The molecule has 2 rings (SSSR count).